The second-order valence-corrected chi connectivity index (χ2v) is 8.75. The number of nitrogens with zero attached hydrogens (tertiary/aromatic N) is 2. The number of sulfone groups is 1. The summed E-state index contributed by atoms with van der Waals surface area (Å²) in [5, 5.41) is 1.75. The first-order valence-corrected chi connectivity index (χ1v) is 9.97. The molecule has 1 N–H and O–H groups in total. The van der Waals surface area contributed by atoms with E-state index in [0.29, 0.717) is 11.5 Å². The first-order chi connectivity index (χ1) is 12.2. The number of pyridine rings is 1. The third-order valence-corrected chi connectivity index (χ3v) is 6.27. The maximum absolute atomic E-state index is 13.2. The van der Waals surface area contributed by atoms with Crippen LogP contribution in [0.2, 0.25) is 0 Å². The fourth-order valence-corrected chi connectivity index (χ4v) is 4.16. The maximum Gasteiger partial charge on any atom is 0.316 e. The predicted octanol–water partition coefficient (Wildman–Crippen LogP) is 2.99. The van der Waals surface area contributed by atoms with E-state index in [9.17, 15) is 13.2 Å². The lowest BCUT2D eigenvalue weighted by Crippen LogP contribution is -2.38. The van der Waals surface area contributed by atoms with Crippen molar-refractivity contribution in [2.45, 2.75) is 29.9 Å². The molecule has 0 aliphatic carbocycles. The number of amides is 2. The van der Waals surface area contributed by atoms with E-state index in [0.717, 1.165) is 5.56 Å². The molecule has 1 aromatic carbocycles. The fraction of sp³-hybridized carbons (Fsp3) is 0.368. The van der Waals surface area contributed by atoms with Crippen LogP contribution in [0.1, 0.15) is 36.1 Å². The SMILES string of the molecule is CC(C)c1ccc(S(=O)(=O)C(CNC(=O)N(C)C)c2cccnc2)cc1. The van der Waals surface area contributed by atoms with Crippen LogP contribution in [0.25, 0.3) is 0 Å². The molecule has 26 heavy (non-hydrogen) atoms. The highest BCUT2D eigenvalue weighted by Gasteiger charge is 2.30. The highest BCUT2D eigenvalue weighted by atomic mass is 32.2. The van der Waals surface area contributed by atoms with Crippen molar-refractivity contribution < 1.29 is 13.2 Å². The zero-order valence-electron chi connectivity index (χ0n) is 15.5. The van der Waals surface area contributed by atoms with Crippen LogP contribution in [0.5, 0.6) is 0 Å². The number of carbonyl (C=O) groups excluding carboxylic acids is 1. The summed E-state index contributed by atoms with van der Waals surface area (Å²) in [5.74, 6) is 0.320. The van der Waals surface area contributed by atoms with Gasteiger partial charge in [-0.1, -0.05) is 32.0 Å². The van der Waals surface area contributed by atoms with Crippen molar-refractivity contribution in [3.8, 4) is 0 Å². The zero-order valence-corrected chi connectivity index (χ0v) is 16.3. The summed E-state index contributed by atoms with van der Waals surface area (Å²) in [4.78, 5) is 17.5. The normalized spacial score (nSPS) is 12.7. The molecule has 1 unspecified atom stereocenters. The van der Waals surface area contributed by atoms with Crippen molar-refractivity contribution in [3.63, 3.8) is 0 Å². The largest absolute Gasteiger partial charge is 0.336 e. The van der Waals surface area contributed by atoms with Gasteiger partial charge in [-0.2, -0.15) is 0 Å². The van der Waals surface area contributed by atoms with E-state index in [1.807, 2.05) is 12.1 Å². The van der Waals surface area contributed by atoms with Crippen LogP contribution < -0.4 is 5.32 Å². The zero-order chi connectivity index (χ0) is 19.3. The summed E-state index contributed by atoms with van der Waals surface area (Å²) in [7, 11) is -0.482. The fourth-order valence-electron chi connectivity index (χ4n) is 2.52. The topological polar surface area (TPSA) is 79.4 Å². The number of benzene rings is 1. The molecule has 2 rings (SSSR count). The molecule has 1 aromatic heterocycles. The quantitative estimate of drug-likeness (QED) is 0.842. The molecular formula is C19H25N3O3S. The third kappa shape index (κ3) is 4.60. The van der Waals surface area contributed by atoms with E-state index in [-0.39, 0.29) is 17.5 Å². The van der Waals surface area contributed by atoms with E-state index in [4.69, 9.17) is 0 Å². The Kier molecular flexibility index (Phi) is 6.37. The summed E-state index contributed by atoms with van der Waals surface area (Å²) in [5.41, 5.74) is 1.61. The number of aromatic nitrogens is 1. The molecule has 2 amide bonds. The summed E-state index contributed by atoms with van der Waals surface area (Å²) in [6, 6.07) is 9.97. The van der Waals surface area contributed by atoms with Crippen LogP contribution in [0, 0.1) is 0 Å². The van der Waals surface area contributed by atoms with E-state index in [2.05, 4.69) is 24.1 Å². The molecule has 7 heteroatoms. The molecule has 140 valence electrons. The van der Waals surface area contributed by atoms with E-state index >= 15 is 0 Å². The van der Waals surface area contributed by atoms with E-state index in [1.54, 1.807) is 44.6 Å². The Labute approximate surface area is 155 Å². The summed E-state index contributed by atoms with van der Waals surface area (Å²) in [6.07, 6.45) is 3.11. The van der Waals surface area contributed by atoms with Crippen molar-refractivity contribution in [3.05, 3.63) is 59.9 Å². The number of urea groups is 1. The minimum Gasteiger partial charge on any atom is -0.336 e. The predicted molar refractivity (Wildman–Crippen MR) is 102 cm³/mol. The Hall–Kier alpha value is -2.41. The Morgan fingerprint density at radius 3 is 2.27 bits per heavy atom. The van der Waals surface area contributed by atoms with Crippen molar-refractivity contribution in [2.24, 2.45) is 0 Å². The molecule has 1 heterocycles. The van der Waals surface area contributed by atoms with Gasteiger partial charge in [0.1, 0.15) is 5.25 Å². The highest BCUT2D eigenvalue weighted by molar-refractivity contribution is 7.91. The number of nitrogens with one attached hydrogen (secondary N) is 1. The Balaban J connectivity index is 2.37. The molecule has 0 saturated carbocycles. The van der Waals surface area contributed by atoms with Crippen molar-refractivity contribution in [1.29, 1.82) is 0 Å². The smallest absolute Gasteiger partial charge is 0.316 e. The van der Waals surface area contributed by atoms with Gasteiger partial charge in [0.15, 0.2) is 9.84 Å². The van der Waals surface area contributed by atoms with Crippen LogP contribution in [0.15, 0.2) is 53.7 Å². The minimum atomic E-state index is -3.69. The summed E-state index contributed by atoms with van der Waals surface area (Å²) >= 11 is 0. The van der Waals surface area contributed by atoms with Crippen molar-refractivity contribution >= 4 is 15.9 Å². The van der Waals surface area contributed by atoms with Crippen LogP contribution in [-0.4, -0.2) is 45.0 Å². The Bertz CT molecular complexity index is 832. The maximum atomic E-state index is 13.2. The van der Waals surface area contributed by atoms with Gasteiger partial charge < -0.3 is 10.2 Å². The van der Waals surface area contributed by atoms with Gasteiger partial charge >= 0.3 is 6.03 Å². The van der Waals surface area contributed by atoms with Gasteiger partial charge in [-0.3, -0.25) is 4.98 Å². The molecule has 0 radical (unpaired) electrons. The van der Waals surface area contributed by atoms with Gasteiger partial charge in [-0.05, 0) is 35.2 Å². The monoisotopic (exact) mass is 375 g/mol. The van der Waals surface area contributed by atoms with Crippen LogP contribution in [-0.2, 0) is 9.84 Å². The van der Waals surface area contributed by atoms with Gasteiger partial charge in [0.05, 0.1) is 4.90 Å². The molecule has 0 aliphatic rings. The number of hydrogen-bond donors (Lipinski definition) is 1. The number of rotatable bonds is 6. The lowest BCUT2D eigenvalue weighted by Gasteiger charge is -2.20. The molecular weight excluding hydrogens is 350 g/mol. The lowest BCUT2D eigenvalue weighted by molar-refractivity contribution is 0.217. The van der Waals surface area contributed by atoms with E-state index in [1.165, 1.54) is 11.1 Å². The molecule has 0 fully saturated rings. The molecule has 1 atom stereocenters. The third-order valence-electron chi connectivity index (χ3n) is 4.15. The Morgan fingerprint density at radius 1 is 1.12 bits per heavy atom. The number of carbonyl (C=O) groups is 1. The highest BCUT2D eigenvalue weighted by Crippen LogP contribution is 2.29. The Morgan fingerprint density at radius 2 is 1.77 bits per heavy atom. The minimum absolute atomic E-state index is 0.0308. The van der Waals surface area contributed by atoms with Gasteiger partial charge in [-0.15, -0.1) is 0 Å². The number of hydrogen-bond acceptors (Lipinski definition) is 4. The first kappa shape index (κ1) is 19.9. The summed E-state index contributed by atoms with van der Waals surface area (Å²) in [6.45, 7) is 4.08. The molecule has 0 saturated heterocycles. The average Bonchev–Trinajstić information content (AvgIpc) is 2.62. The van der Waals surface area contributed by atoms with Crippen LogP contribution in [0.4, 0.5) is 4.79 Å². The molecule has 0 aliphatic heterocycles. The summed E-state index contributed by atoms with van der Waals surface area (Å²) < 4.78 is 26.4. The van der Waals surface area contributed by atoms with Gasteiger partial charge in [0.25, 0.3) is 0 Å². The molecule has 2 aromatic rings. The molecule has 0 spiro atoms. The van der Waals surface area contributed by atoms with Crippen molar-refractivity contribution in [1.82, 2.24) is 15.2 Å². The van der Waals surface area contributed by atoms with E-state index < -0.39 is 15.1 Å². The lowest BCUT2D eigenvalue weighted by atomic mass is 10.0. The second-order valence-electron chi connectivity index (χ2n) is 6.62. The van der Waals surface area contributed by atoms with Gasteiger partial charge in [-0.25, -0.2) is 13.2 Å². The molecule has 0 bridgehead atoms. The molecule has 6 nitrogen and oxygen atoms in total. The van der Waals surface area contributed by atoms with Crippen LogP contribution in [0.3, 0.4) is 0 Å². The second kappa shape index (κ2) is 8.31. The first-order valence-electron chi connectivity index (χ1n) is 8.42. The van der Waals surface area contributed by atoms with Crippen LogP contribution >= 0.6 is 0 Å². The standard InChI is InChI=1S/C19H25N3O3S/c1-14(2)15-7-9-17(10-8-15)26(24,25)18(13-21-19(23)22(3)4)16-6-5-11-20-12-16/h5-12,14,18H,13H2,1-4H3,(H,21,23). The van der Waals surface area contributed by atoms with Gasteiger partial charge in [0, 0.05) is 33.0 Å². The van der Waals surface area contributed by atoms with Gasteiger partial charge in [0.2, 0.25) is 0 Å². The average molecular weight is 375 g/mol. The van der Waals surface area contributed by atoms with Crippen molar-refractivity contribution in [2.75, 3.05) is 20.6 Å².